The molecule has 0 N–H and O–H groups in total. The molecule has 2 aromatic carbocycles. The van der Waals surface area contributed by atoms with E-state index in [9.17, 15) is 9.59 Å². The van der Waals surface area contributed by atoms with E-state index in [1.54, 1.807) is 17.5 Å². The Bertz CT molecular complexity index is 1650. The number of ether oxygens (including phenoxy) is 1. The van der Waals surface area contributed by atoms with Crippen molar-refractivity contribution in [2.75, 3.05) is 5.75 Å². The number of amides is 1. The Kier molecular flexibility index (Phi) is 8.74. The highest BCUT2D eigenvalue weighted by Gasteiger charge is 2.42. The number of benzene rings is 2. The van der Waals surface area contributed by atoms with Gasteiger partial charge in [-0.25, -0.2) is 4.79 Å². The summed E-state index contributed by atoms with van der Waals surface area (Å²) in [5.41, 5.74) is 3.01. The fourth-order valence-electron chi connectivity index (χ4n) is 5.11. The smallest absolute Gasteiger partial charge is 0.411 e. The van der Waals surface area contributed by atoms with Gasteiger partial charge in [-0.15, -0.1) is 11.3 Å². The molecule has 4 aromatic rings. The highest BCUT2D eigenvalue weighted by molar-refractivity contribution is 7.81. The molecule has 2 aromatic heterocycles. The minimum absolute atomic E-state index is 0.0631. The first-order valence-corrected chi connectivity index (χ1v) is 15.3. The second-order valence-electron chi connectivity index (χ2n) is 11.1. The molecule has 1 aliphatic rings. The zero-order chi connectivity index (χ0) is 29.1. The van der Waals surface area contributed by atoms with Crippen molar-refractivity contribution in [1.82, 2.24) is 9.88 Å². The molecule has 5 nitrogen and oxygen atoms in total. The van der Waals surface area contributed by atoms with Crippen LogP contribution in [0.5, 0.6) is 0 Å². The number of ketones is 1. The van der Waals surface area contributed by atoms with Crippen LogP contribution >= 0.6 is 35.6 Å². The molecule has 0 aliphatic carbocycles. The minimum atomic E-state index is -0.666. The van der Waals surface area contributed by atoms with Crippen LogP contribution in [0.25, 0.3) is 10.1 Å². The van der Waals surface area contributed by atoms with Crippen molar-refractivity contribution in [3.63, 3.8) is 0 Å². The number of Topliss-reactive ketones (excluding diaryl/α,β-unsaturated/α-hetero) is 1. The Morgan fingerprint density at radius 3 is 2.71 bits per heavy atom. The summed E-state index contributed by atoms with van der Waals surface area (Å²) >= 11 is 12.2. The van der Waals surface area contributed by atoms with Gasteiger partial charge >= 0.3 is 6.09 Å². The fraction of sp³-hybridized carbons (Fsp3) is 0.303. The van der Waals surface area contributed by atoms with E-state index < -0.39 is 17.7 Å². The standard InChI is InChI=1S/C33H31ClN2O3S2/c1-33(2,3)39-32(38)36-24(11-7-9-21-8-6-10-22(16-21)17-25(37)20-40)19-27-26-18-23(34)13-14-29(26)41-31(27)30(36)28-12-4-5-15-35-28/h4-6,8,10,12-16,18,24,30,40H,11,17,19-20H2,1-3H3. The number of hydrogen-bond donors (Lipinski definition) is 1. The summed E-state index contributed by atoms with van der Waals surface area (Å²) in [6.07, 6.45) is 2.73. The summed E-state index contributed by atoms with van der Waals surface area (Å²) in [4.78, 5) is 33.3. The van der Waals surface area contributed by atoms with E-state index >= 15 is 0 Å². The third-order valence-corrected chi connectivity index (χ3v) is 8.64. The van der Waals surface area contributed by atoms with Gasteiger partial charge in [0.1, 0.15) is 17.4 Å². The van der Waals surface area contributed by atoms with Crippen molar-refractivity contribution >= 4 is 57.5 Å². The number of thiol groups is 1. The predicted molar refractivity (Wildman–Crippen MR) is 169 cm³/mol. The second-order valence-corrected chi connectivity index (χ2v) is 12.9. The summed E-state index contributed by atoms with van der Waals surface area (Å²) in [7, 11) is 0. The van der Waals surface area contributed by atoms with Crippen LogP contribution in [-0.2, 0) is 22.4 Å². The normalized spacial score (nSPS) is 16.6. The van der Waals surface area contributed by atoms with E-state index in [0.29, 0.717) is 24.3 Å². The van der Waals surface area contributed by atoms with Crippen molar-refractivity contribution in [2.24, 2.45) is 0 Å². The van der Waals surface area contributed by atoms with Crippen molar-refractivity contribution in [3.8, 4) is 11.8 Å². The van der Waals surface area contributed by atoms with E-state index in [0.717, 1.165) is 31.8 Å². The van der Waals surface area contributed by atoms with Gasteiger partial charge in [0.2, 0.25) is 0 Å². The molecule has 0 radical (unpaired) electrons. The van der Waals surface area contributed by atoms with Gasteiger partial charge in [0.05, 0.1) is 11.7 Å². The maximum atomic E-state index is 13.9. The molecule has 2 atom stereocenters. The van der Waals surface area contributed by atoms with E-state index in [1.807, 2.05) is 86.3 Å². The molecule has 0 fully saturated rings. The molecule has 3 heterocycles. The van der Waals surface area contributed by atoms with Crippen LogP contribution in [0.15, 0.2) is 66.9 Å². The number of halogens is 1. The average molecular weight is 603 g/mol. The fourth-order valence-corrected chi connectivity index (χ4v) is 6.72. The summed E-state index contributed by atoms with van der Waals surface area (Å²) in [6, 6.07) is 18.7. The molecule has 210 valence electrons. The Morgan fingerprint density at radius 2 is 1.98 bits per heavy atom. The molecule has 0 saturated heterocycles. The number of rotatable bonds is 5. The number of thiophene rings is 1. The lowest BCUT2D eigenvalue weighted by Crippen LogP contribution is -2.49. The molecule has 5 rings (SSSR count). The van der Waals surface area contributed by atoms with Crippen molar-refractivity contribution in [1.29, 1.82) is 0 Å². The second kappa shape index (κ2) is 12.3. The molecule has 41 heavy (non-hydrogen) atoms. The number of fused-ring (bicyclic) bond motifs is 3. The number of aromatic nitrogens is 1. The number of hydrogen-bond acceptors (Lipinski definition) is 6. The van der Waals surface area contributed by atoms with Crippen LogP contribution in [0.3, 0.4) is 0 Å². The number of carbonyl (C=O) groups is 2. The largest absolute Gasteiger partial charge is 0.444 e. The maximum Gasteiger partial charge on any atom is 0.411 e. The first-order chi connectivity index (χ1) is 19.6. The highest BCUT2D eigenvalue weighted by atomic mass is 35.5. The van der Waals surface area contributed by atoms with E-state index in [1.165, 1.54) is 5.56 Å². The van der Waals surface area contributed by atoms with Gasteiger partial charge in [-0.3, -0.25) is 14.7 Å². The van der Waals surface area contributed by atoms with Crippen molar-refractivity contribution in [2.45, 2.75) is 57.7 Å². The minimum Gasteiger partial charge on any atom is -0.444 e. The van der Waals surface area contributed by atoms with Crippen LogP contribution < -0.4 is 0 Å². The first kappa shape index (κ1) is 29.2. The maximum absolute atomic E-state index is 13.9. The van der Waals surface area contributed by atoms with Gasteiger partial charge in [-0.2, -0.15) is 12.6 Å². The summed E-state index contributed by atoms with van der Waals surface area (Å²) < 4.78 is 7.07. The third-order valence-electron chi connectivity index (χ3n) is 6.79. The van der Waals surface area contributed by atoms with Gasteiger partial charge in [0.15, 0.2) is 0 Å². The average Bonchev–Trinajstić information content (AvgIpc) is 3.29. The summed E-state index contributed by atoms with van der Waals surface area (Å²) in [6.45, 7) is 5.62. The van der Waals surface area contributed by atoms with Gasteiger partial charge in [0, 0.05) is 45.0 Å². The molecular weight excluding hydrogens is 572 g/mol. The Morgan fingerprint density at radius 1 is 1.15 bits per heavy atom. The molecule has 2 unspecified atom stereocenters. The van der Waals surface area contributed by atoms with Crippen LogP contribution in [-0.4, -0.2) is 39.2 Å². The molecule has 1 aliphatic heterocycles. The molecule has 8 heteroatoms. The first-order valence-electron chi connectivity index (χ1n) is 13.5. The topological polar surface area (TPSA) is 59.5 Å². The monoisotopic (exact) mass is 602 g/mol. The predicted octanol–water partition coefficient (Wildman–Crippen LogP) is 7.68. The summed E-state index contributed by atoms with van der Waals surface area (Å²) in [5.74, 6) is 6.85. The van der Waals surface area contributed by atoms with E-state index in [4.69, 9.17) is 16.3 Å². The number of pyridine rings is 1. The SMILES string of the molecule is CC(C)(C)OC(=O)N1C(CC#Cc2cccc(CC(=O)CS)c2)Cc2c(sc3ccc(Cl)cc23)C1c1ccccn1. The van der Waals surface area contributed by atoms with Crippen LogP contribution in [0.1, 0.15) is 60.5 Å². The lowest BCUT2D eigenvalue weighted by molar-refractivity contribution is -0.115. The number of carbonyl (C=O) groups excluding carboxylic acids is 2. The van der Waals surface area contributed by atoms with E-state index in [2.05, 4.69) is 29.5 Å². The van der Waals surface area contributed by atoms with Gasteiger partial charge in [-0.05, 0) is 86.2 Å². The highest BCUT2D eigenvalue weighted by Crippen LogP contribution is 2.46. The van der Waals surface area contributed by atoms with Gasteiger partial charge in [0.25, 0.3) is 0 Å². The van der Waals surface area contributed by atoms with Crippen LogP contribution in [0.4, 0.5) is 4.79 Å². The van der Waals surface area contributed by atoms with Crippen molar-refractivity contribution < 1.29 is 14.3 Å². The zero-order valence-electron chi connectivity index (χ0n) is 23.2. The Balaban J connectivity index is 1.57. The molecule has 0 saturated carbocycles. The lowest BCUT2D eigenvalue weighted by atomic mass is 9.89. The van der Waals surface area contributed by atoms with Gasteiger partial charge in [-0.1, -0.05) is 41.6 Å². The Labute approximate surface area is 255 Å². The van der Waals surface area contributed by atoms with Gasteiger partial charge < -0.3 is 4.74 Å². The lowest BCUT2D eigenvalue weighted by Gasteiger charge is -2.41. The van der Waals surface area contributed by atoms with E-state index in [-0.39, 0.29) is 17.6 Å². The molecule has 0 bridgehead atoms. The number of nitrogens with zero attached hydrogens (tertiary/aromatic N) is 2. The molecule has 1 amide bonds. The van der Waals surface area contributed by atoms with Crippen LogP contribution in [0, 0.1) is 11.8 Å². The van der Waals surface area contributed by atoms with Crippen molar-refractivity contribution in [3.05, 3.63) is 99.1 Å². The Hall–Kier alpha value is -3.31. The molecular formula is C33H31ClN2O3S2. The zero-order valence-corrected chi connectivity index (χ0v) is 25.7. The van der Waals surface area contributed by atoms with Crippen LogP contribution in [0.2, 0.25) is 5.02 Å². The quantitative estimate of drug-likeness (QED) is 0.188. The molecule has 0 spiro atoms. The third kappa shape index (κ3) is 6.78. The summed E-state index contributed by atoms with van der Waals surface area (Å²) in [5, 5.41) is 1.77.